The first-order valence-electron chi connectivity index (χ1n) is 8.39. The summed E-state index contributed by atoms with van der Waals surface area (Å²) >= 11 is 0. The molecule has 1 atom stereocenters. The summed E-state index contributed by atoms with van der Waals surface area (Å²) in [6, 6.07) is 6.07. The molecule has 2 heterocycles. The standard InChI is InChI=1S/C18H22FNO4/c19-15-5-3-14(4-6-15)18(7-10-24-11-8-18)17(23)20-9-1-2-13(12-20)16(21)22/h3-6,13H,1-2,7-12H2,(H,21,22)/t13-/m0/s1. The topological polar surface area (TPSA) is 66.8 Å². The zero-order chi connectivity index (χ0) is 17.2. The fourth-order valence-corrected chi connectivity index (χ4v) is 3.78. The number of ether oxygens (including phenoxy) is 1. The molecule has 1 aromatic rings. The van der Waals surface area contributed by atoms with Gasteiger partial charge in [0.05, 0.1) is 11.3 Å². The molecular weight excluding hydrogens is 313 g/mol. The number of hydrogen-bond donors (Lipinski definition) is 1. The summed E-state index contributed by atoms with van der Waals surface area (Å²) in [5, 5.41) is 9.26. The van der Waals surface area contributed by atoms with Crippen molar-refractivity contribution in [1.82, 2.24) is 4.90 Å². The first kappa shape index (κ1) is 16.9. The van der Waals surface area contributed by atoms with Gasteiger partial charge in [-0.05, 0) is 43.4 Å². The highest BCUT2D eigenvalue weighted by Gasteiger charge is 2.45. The molecule has 0 spiro atoms. The van der Waals surface area contributed by atoms with Gasteiger partial charge in [0.1, 0.15) is 5.82 Å². The van der Waals surface area contributed by atoms with E-state index >= 15 is 0 Å². The SMILES string of the molecule is O=C(O)[C@H]1CCCN(C(=O)C2(c3ccc(F)cc3)CCOCC2)C1. The highest BCUT2D eigenvalue weighted by Crippen LogP contribution is 2.38. The first-order valence-corrected chi connectivity index (χ1v) is 8.39. The van der Waals surface area contributed by atoms with E-state index in [1.165, 1.54) is 12.1 Å². The van der Waals surface area contributed by atoms with E-state index in [1.807, 2.05) is 0 Å². The average molecular weight is 335 g/mol. The van der Waals surface area contributed by atoms with Crippen LogP contribution in [0.3, 0.4) is 0 Å². The third kappa shape index (κ3) is 3.15. The summed E-state index contributed by atoms with van der Waals surface area (Å²) < 4.78 is 18.7. The van der Waals surface area contributed by atoms with Crippen LogP contribution in [0.1, 0.15) is 31.2 Å². The van der Waals surface area contributed by atoms with E-state index in [4.69, 9.17) is 4.74 Å². The molecule has 2 aliphatic rings. The Balaban J connectivity index is 1.89. The van der Waals surface area contributed by atoms with Crippen molar-refractivity contribution < 1.29 is 23.8 Å². The Morgan fingerprint density at radius 1 is 1.21 bits per heavy atom. The number of rotatable bonds is 3. The Kier molecular flexibility index (Phi) is 4.85. The number of aliphatic carboxylic acids is 1. The van der Waals surface area contributed by atoms with Crippen molar-refractivity contribution in [3.8, 4) is 0 Å². The molecule has 0 aromatic heterocycles. The number of nitrogens with zero attached hydrogens (tertiary/aromatic N) is 1. The minimum absolute atomic E-state index is 0.0524. The fraction of sp³-hybridized carbons (Fsp3) is 0.556. The molecule has 6 heteroatoms. The van der Waals surface area contributed by atoms with Crippen molar-refractivity contribution in [3.05, 3.63) is 35.6 Å². The number of benzene rings is 1. The lowest BCUT2D eigenvalue weighted by Crippen LogP contribution is -2.53. The van der Waals surface area contributed by atoms with Crippen LogP contribution in [-0.4, -0.2) is 48.2 Å². The largest absolute Gasteiger partial charge is 0.481 e. The average Bonchev–Trinajstić information content (AvgIpc) is 2.62. The summed E-state index contributed by atoms with van der Waals surface area (Å²) in [6.45, 7) is 1.77. The van der Waals surface area contributed by atoms with Gasteiger partial charge in [-0.3, -0.25) is 9.59 Å². The summed E-state index contributed by atoms with van der Waals surface area (Å²) in [4.78, 5) is 26.3. The van der Waals surface area contributed by atoms with E-state index in [2.05, 4.69) is 0 Å². The van der Waals surface area contributed by atoms with Gasteiger partial charge in [0.25, 0.3) is 0 Å². The van der Waals surface area contributed by atoms with Gasteiger partial charge in [-0.25, -0.2) is 4.39 Å². The molecule has 2 saturated heterocycles. The fourth-order valence-electron chi connectivity index (χ4n) is 3.78. The van der Waals surface area contributed by atoms with Gasteiger partial charge in [0.15, 0.2) is 0 Å². The third-order valence-corrected chi connectivity index (χ3v) is 5.21. The Bertz CT molecular complexity index is 610. The van der Waals surface area contributed by atoms with Crippen LogP contribution >= 0.6 is 0 Å². The number of carbonyl (C=O) groups excluding carboxylic acids is 1. The minimum Gasteiger partial charge on any atom is -0.481 e. The zero-order valence-electron chi connectivity index (χ0n) is 13.5. The molecule has 3 rings (SSSR count). The molecule has 0 saturated carbocycles. The number of likely N-dealkylation sites (tertiary alicyclic amines) is 1. The summed E-state index contributed by atoms with van der Waals surface area (Å²) in [5.41, 5.74) is 0.0430. The van der Waals surface area contributed by atoms with Crippen molar-refractivity contribution in [2.24, 2.45) is 5.92 Å². The smallest absolute Gasteiger partial charge is 0.308 e. The van der Waals surface area contributed by atoms with Gasteiger partial charge in [0, 0.05) is 26.3 Å². The molecule has 0 bridgehead atoms. The summed E-state index contributed by atoms with van der Waals surface area (Å²) in [6.07, 6.45) is 2.36. The number of amides is 1. The van der Waals surface area contributed by atoms with Gasteiger partial charge >= 0.3 is 5.97 Å². The van der Waals surface area contributed by atoms with Crippen LogP contribution < -0.4 is 0 Å². The second kappa shape index (κ2) is 6.89. The lowest BCUT2D eigenvalue weighted by Gasteiger charge is -2.42. The van der Waals surface area contributed by atoms with Gasteiger partial charge in [-0.1, -0.05) is 12.1 Å². The van der Waals surface area contributed by atoms with Crippen LogP contribution in [0.4, 0.5) is 4.39 Å². The van der Waals surface area contributed by atoms with Crippen LogP contribution in [0.5, 0.6) is 0 Å². The molecule has 24 heavy (non-hydrogen) atoms. The molecule has 130 valence electrons. The number of carbonyl (C=O) groups is 2. The molecule has 0 aliphatic carbocycles. The monoisotopic (exact) mass is 335 g/mol. The van der Waals surface area contributed by atoms with E-state index < -0.39 is 17.3 Å². The van der Waals surface area contributed by atoms with Gasteiger partial charge in [-0.15, -0.1) is 0 Å². The quantitative estimate of drug-likeness (QED) is 0.919. The Morgan fingerprint density at radius 3 is 2.50 bits per heavy atom. The van der Waals surface area contributed by atoms with Crippen molar-refractivity contribution in [1.29, 1.82) is 0 Å². The van der Waals surface area contributed by atoms with Crippen LogP contribution in [0, 0.1) is 11.7 Å². The predicted molar refractivity (Wildman–Crippen MR) is 85.1 cm³/mol. The van der Waals surface area contributed by atoms with E-state index in [-0.39, 0.29) is 18.3 Å². The van der Waals surface area contributed by atoms with E-state index in [0.717, 1.165) is 5.56 Å². The van der Waals surface area contributed by atoms with Gasteiger partial charge in [0.2, 0.25) is 5.91 Å². The third-order valence-electron chi connectivity index (χ3n) is 5.21. The van der Waals surface area contributed by atoms with Gasteiger partial charge < -0.3 is 14.7 Å². The number of halogens is 1. The maximum Gasteiger partial charge on any atom is 0.308 e. The lowest BCUT2D eigenvalue weighted by molar-refractivity contribution is -0.149. The number of carboxylic acids is 1. The van der Waals surface area contributed by atoms with E-state index in [9.17, 15) is 19.1 Å². The van der Waals surface area contributed by atoms with Gasteiger partial charge in [-0.2, -0.15) is 0 Å². The van der Waals surface area contributed by atoms with Crippen molar-refractivity contribution in [2.45, 2.75) is 31.1 Å². The summed E-state index contributed by atoms with van der Waals surface area (Å²) in [5.74, 6) is -1.75. The first-order chi connectivity index (χ1) is 11.5. The maximum atomic E-state index is 13.3. The van der Waals surface area contributed by atoms with E-state index in [0.29, 0.717) is 45.4 Å². The van der Waals surface area contributed by atoms with Crippen LogP contribution in [0.2, 0.25) is 0 Å². The number of hydrogen-bond acceptors (Lipinski definition) is 3. The maximum absolute atomic E-state index is 13.3. The van der Waals surface area contributed by atoms with Crippen LogP contribution in [0.25, 0.3) is 0 Å². The predicted octanol–water partition coefficient (Wildman–Crippen LogP) is 2.20. The second-order valence-corrected chi connectivity index (χ2v) is 6.63. The molecule has 1 amide bonds. The van der Waals surface area contributed by atoms with Crippen molar-refractivity contribution >= 4 is 11.9 Å². The molecule has 2 fully saturated rings. The number of piperidine rings is 1. The molecule has 0 unspecified atom stereocenters. The molecular formula is C18H22FNO4. The minimum atomic E-state index is -0.852. The highest BCUT2D eigenvalue weighted by molar-refractivity contribution is 5.89. The van der Waals surface area contributed by atoms with Crippen molar-refractivity contribution in [3.63, 3.8) is 0 Å². The summed E-state index contributed by atoms with van der Waals surface area (Å²) in [7, 11) is 0. The lowest BCUT2D eigenvalue weighted by atomic mass is 9.72. The van der Waals surface area contributed by atoms with E-state index in [1.54, 1.807) is 17.0 Å². The highest BCUT2D eigenvalue weighted by atomic mass is 19.1. The molecule has 0 radical (unpaired) electrons. The Labute approximate surface area is 140 Å². The van der Waals surface area contributed by atoms with Crippen LogP contribution in [-0.2, 0) is 19.7 Å². The van der Waals surface area contributed by atoms with Crippen molar-refractivity contribution in [2.75, 3.05) is 26.3 Å². The molecule has 1 aromatic carbocycles. The molecule has 2 aliphatic heterocycles. The van der Waals surface area contributed by atoms with Crippen LogP contribution in [0.15, 0.2) is 24.3 Å². The molecule has 1 N–H and O–H groups in total. The normalized spacial score (nSPS) is 23.7. The number of carboxylic acid groups (broad SMARTS) is 1. The zero-order valence-corrected chi connectivity index (χ0v) is 13.5. The Morgan fingerprint density at radius 2 is 1.88 bits per heavy atom. The molecule has 5 nitrogen and oxygen atoms in total. The second-order valence-electron chi connectivity index (χ2n) is 6.63. The Hall–Kier alpha value is -1.95.